The molecule has 2 N–H and O–H groups in total. The molecule has 182 valence electrons. The number of piperidine rings is 2. The van der Waals surface area contributed by atoms with Gasteiger partial charge in [-0.2, -0.15) is 4.31 Å². The fourth-order valence-corrected chi connectivity index (χ4v) is 6.38. The molecule has 0 saturated carbocycles. The third-order valence-corrected chi connectivity index (χ3v) is 8.59. The molecule has 9 heteroatoms. The van der Waals surface area contributed by atoms with Crippen LogP contribution >= 0.6 is 0 Å². The first-order valence-electron chi connectivity index (χ1n) is 11.9. The summed E-state index contributed by atoms with van der Waals surface area (Å²) in [6, 6.07) is 15.3. The van der Waals surface area contributed by atoms with E-state index in [9.17, 15) is 18.0 Å². The Bertz CT molecular complexity index is 1110. The first-order valence-corrected chi connectivity index (χ1v) is 13.3. The molecule has 34 heavy (non-hydrogen) atoms. The van der Waals surface area contributed by atoms with Crippen LogP contribution < -0.4 is 10.6 Å². The van der Waals surface area contributed by atoms with Crippen molar-refractivity contribution in [2.24, 2.45) is 0 Å². The second-order valence-corrected chi connectivity index (χ2v) is 10.9. The quantitative estimate of drug-likeness (QED) is 0.676. The number of rotatable bonds is 5. The largest absolute Gasteiger partial charge is 0.338 e. The first kappa shape index (κ1) is 24.2. The van der Waals surface area contributed by atoms with Crippen molar-refractivity contribution >= 4 is 27.6 Å². The van der Waals surface area contributed by atoms with Crippen molar-refractivity contribution in [1.29, 1.82) is 0 Å². The van der Waals surface area contributed by atoms with Crippen LogP contribution in [0, 0.1) is 0 Å². The molecule has 2 aromatic carbocycles. The smallest absolute Gasteiger partial charge is 0.319 e. The van der Waals surface area contributed by atoms with E-state index in [-0.39, 0.29) is 28.9 Å². The summed E-state index contributed by atoms with van der Waals surface area (Å²) in [5.74, 6) is -0.184. The highest BCUT2D eigenvalue weighted by molar-refractivity contribution is 7.89. The second-order valence-electron chi connectivity index (χ2n) is 9.02. The number of hydrogen-bond donors (Lipinski definition) is 2. The molecule has 3 amide bonds. The molecule has 2 saturated heterocycles. The number of carbonyl (C=O) groups excluding carboxylic acids is 2. The zero-order valence-corrected chi connectivity index (χ0v) is 20.3. The van der Waals surface area contributed by atoms with E-state index in [1.807, 2.05) is 37.3 Å². The summed E-state index contributed by atoms with van der Waals surface area (Å²) in [6.45, 7) is 3.44. The number of urea groups is 1. The van der Waals surface area contributed by atoms with Gasteiger partial charge in [0.1, 0.15) is 0 Å². The van der Waals surface area contributed by atoms with Crippen LogP contribution in [0.15, 0.2) is 59.5 Å². The highest BCUT2D eigenvalue weighted by Gasteiger charge is 2.32. The van der Waals surface area contributed by atoms with E-state index in [1.54, 1.807) is 27.4 Å². The van der Waals surface area contributed by atoms with Crippen molar-refractivity contribution in [2.75, 3.05) is 25.0 Å². The van der Waals surface area contributed by atoms with Crippen molar-refractivity contribution in [1.82, 2.24) is 14.5 Å². The Hall–Kier alpha value is -2.91. The molecule has 2 heterocycles. The fourth-order valence-electron chi connectivity index (χ4n) is 4.64. The number of hydrogen-bond acceptors (Lipinski definition) is 4. The molecule has 2 aliphatic heterocycles. The zero-order chi connectivity index (χ0) is 24.1. The SMILES string of the molecule is CC1CCCCN1S(=O)(=O)c1cccc(C(=O)N2CCC(NC(=O)Nc3ccccc3)CC2)c1. The third kappa shape index (κ3) is 5.59. The van der Waals surface area contributed by atoms with E-state index >= 15 is 0 Å². The summed E-state index contributed by atoms with van der Waals surface area (Å²) in [5.41, 5.74) is 1.10. The van der Waals surface area contributed by atoms with Gasteiger partial charge in [0.25, 0.3) is 5.91 Å². The lowest BCUT2D eigenvalue weighted by molar-refractivity contribution is 0.0708. The van der Waals surface area contributed by atoms with E-state index in [0.717, 1.165) is 24.9 Å². The van der Waals surface area contributed by atoms with Crippen LogP contribution in [-0.4, -0.2) is 61.3 Å². The fraction of sp³-hybridized carbons (Fsp3) is 0.440. The van der Waals surface area contributed by atoms with Gasteiger partial charge >= 0.3 is 6.03 Å². The molecule has 8 nitrogen and oxygen atoms in total. The van der Waals surface area contributed by atoms with Gasteiger partial charge in [-0.1, -0.05) is 30.7 Å². The number of likely N-dealkylation sites (tertiary alicyclic amines) is 1. The molecule has 1 unspecified atom stereocenters. The summed E-state index contributed by atoms with van der Waals surface area (Å²) in [7, 11) is -3.64. The number of carbonyl (C=O) groups is 2. The number of nitrogens with one attached hydrogen (secondary N) is 2. The zero-order valence-electron chi connectivity index (χ0n) is 19.4. The minimum absolute atomic E-state index is 0.0277. The first-order chi connectivity index (χ1) is 16.3. The van der Waals surface area contributed by atoms with Gasteiger partial charge in [0.05, 0.1) is 4.90 Å². The summed E-state index contributed by atoms with van der Waals surface area (Å²) >= 11 is 0. The number of para-hydroxylation sites is 1. The van der Waals surface area contributed by atoms with Crippen LogP contribution in [0.3, 0.4) is 0 Å². The predicted molar refractivity (Wildman–Crippen MR) is 131 cm³/mol. The molecule has 0 radical (unpaired) electrons. The molecule has 2 fully saturated rings. The Labute approximate surface area is 201 Å². The highest BCUT2D eigenvalue weighted by Crippen LogP contribution is 2.26. The monoisotopic (exact) mass is 484 g/mol. The van der Waals surface area contributed by atoms with Crippen LogP contribution in [0.25, 0.3) is 0 Å². The number of anilines is 1. The van der Waals surface area contributed by atoms with Gasteiger partial charge < -0.3 is 15.5 Å². The highest BCUT2D eigenvalue weighted by atomic mass is 32.2. The number of benzene rings is 2. The minimum atomic E-state index is -3.64. The second kappa shape index (κ2) is 10.6. The minimum Gasteiger partial charge on any atom is -0.338 e. The lowest BCUT2D eigenvalue weighted by atomic mass is 10.0. The van der Waals surface area contributed by atoms with Crippen LogP contribution in [0.2, 0.25) is 0 Å². The normalized spacial score (nSPS) is 20.0. The summed E-state index contributed by atoms with van der Waals surface area (Å²) < 4.78 is 27.9. The summed E-state index contributed by atoms with van der Waals surface area (Å²) in [6.07, 6.45) is 4.01. The van der Waals surface area contributed by atoms with Gasteiger partial charge in [0.15, 0.2) is 0 Å². The van der Waals surface area contributed by atoms with Crippen molar-refractivity contribution in [2.45, 2.75) is 56.0 Å². The molecule has 4 rings (SSSR count). The van der Waals surface area contributed by atoms with Gasteiger partial charge in [-0.05, 0) is 62.9 Å². The van der Waals surface area contributed by atoms with Crippen LogP contribution in [0.5, 0.6) is 0 Å². The number of nitrogens with zero attached hydrogens (tertiary/aromatic N) is 2. The Morgan fingerprint density at radius 1 is 0.912 bits per heavy atom. The topological polar surface area (TPSA) is 98.8 Å². The maximum absolute atomic E-state index is 13.2. The Morgan fingerprint density at radius 3 is 2.35 bits per heavy atom. The van der Waals surface area contributed by atoms with E-state index in [1.165, 1.54) is 6.07 Å². The molecule has 0 bridgehead atoms. The van der Waals surface area contributed by atoms with Gasteiger partial charge in [-0.15, -0.1) is 0 Å². The maximum atomic E-state index is 13.2. The van der Waals surface area contributed by atoms with Crippen LogP contribution in [0.4, 0.5) is 10.5 Å². The van der Waals surface area contributed by atoms with E-state index in [4.69, 9.17) is 0 Å². The lowest BCUT2D eigenvalue weighted by Gasteiger charge is -2.33. The molecule has 2 aliphatic rings. The van der Waals surface area contributed by atoms with Crippen molar-refractivity contribution in [3.05, 3.63) is 60.2 Å². The van der Waals surface area contributed by atoms with E-state index in [0.29, 0.717) is 38.0 Å². The molecule has 0 aromatic heterocycles. The van der Waals surface area contributed by atoms with Crippen LogP contribution in [-0.2, 0) is 10.0 Å². The average Bonchev–Trinajstić information content (AvgIpc) is 2.85. The van der Waals surface area contributed by atoms with Crippen molar-refractivity contribution < 1.29 is 18.0 Å². The van der Waals surface area contributed by atoms with Crippen molar-refractivity contribution in [3.8, 4) is 0 Å². The Balaban J connectivity index is 1.35. The molecule has 2 aromatic rings. The lowest BCUT2D eigenvalue weighted by Crippen LogP contribution is -2.47. The molecular weight excluding hydrogens is 452 g/mol. The van der Waals surface area contributed by atoms with Gasteiger partial charge in [-0.3, -0.25) is 4.79 Å². The summed E-state index contributed by atoms with van der Waals surface area (Å²) in [4.78, 5) is 27.2. The molecule has 1 atom stereocenters. The third-order valence-electron chi connectivity index (χ3n) is 6.58. The molecular formula is C25H32N4O4S. The number of sulfonamides is 1. The summed E-state index contributed by atoms with van der Waals surface area (Å²) in [5, 5.41) is 5.77. The Kier molecular flexibility index (Phi) is 7.53. The maximum Gasteiger partial charge on any atom is 0.319 e. The number of amides is 3. The van der Waals surface area contributed by atoms with Gasteiger partial charge in [0.2, 0.25) is 10.0 Å². The van der Waals surface area contributed by atoms with E-state index < -0.39 is 10.0 Å². The van der Waals surface area contributed by atoms with Crippen LogP contribution in [0.1, 0.15) is 49.4 Å². The van der Waals surface area contributed by atoms with Crippen molar-refractivity contribution in [3.63, 3.8) is 0 Å². The van der Waals surface area contributed by atoms with Gasteiger partial charge in [-0.25, -0.2) is 13.2 Å². The molecule has 0 aliphatic carbocycles. The Morgan fingerprint density at radius 2 is 1.65 bits per heavy atom. The van der Waals surface area contributed by atoms with E-state index in [2.05, 4.69) is 10.6 Å². The predicted octanol–water partition coefficient (Wildman–Crippen LogP) is 3.68. The molecule has 0 spiro atoms. The average molecular weight is 485 g/mol. The van der Waals surface area contributed by atoms with Gasteiger partial charge in [0, 0.05) is 43.0 Å². The standard InChI is InChI=1S/C25H32N4O4S/c1-19-8-5-6-15-29(19)34(32,33)23-12-7-9-20(18-23)24(30)28-16-13-22(14-17-28)27-25(31)26-21-10-3-2-4-11-21/h2-4,7,9-12,18-19,22H,5-6,8,13-17H2,1H3,(H2,26,27,31).